The maximum absolute atomic E-state index is 13.5. The van der Waals surface area contributed by atoms with Gasteiger partial charge in [0.25, 0.3) is 0 Å². The van der Waals surface area contributed by atoms with Crippen LogP contribution in [0.15, 0.2) is 24.3 Å². The second kappa shape index (κ2) is 7.38. The first-order valence-corrected chi connectivity index (χ1v) is 7.92. The minimum atomic E-state index is -0.460. The number of amides is 2. The van der Waals surface area contributed by atoms with Crippen molar-refractivity contribution in [3.8, 4) is 0 Å². The van der Waals surface area contributed by atoms with Crippen molar-refractivity contribution in [2.24, 2.45) is 11.8 Å². The highest BCUT2D eigenvalue weighted by Crippen LogP contribution is 2.41. The lowest BCUT2D eigenvalue weighted by atomic mass is 10.2. The Morgan fingerprint density at radius 2 is 1.82 bits per heavy atom. The van der Waals surface area contributed by atoms with Gasteiger partial charge in [-0.25, -0.2) is 4.39 Å². The van der Waals surface area contributed by atoms with Crippen LogP contribution in [0.25, 0.3) is 0 Å². The standard InChI is InChI=1S/C17H23FN2O2/c1-3-9-20(10-4-2)17(22)13-11-12(13)16(21)19-15-8-6-5-7-14(15)18/h5-8,12-13H,3-4,9-11H2,1-2H3,(H,19,21). The first-order valence-electron chi connectivity index (χ1n) is 7.92. The van der Waals surface area contributed by atoms with Crippen LogP contribution < -0.4 is 5.32 Å². The summed E-state index contributed by atoms with van der Waals surface area (Å²) in [5.41, 5.74) is 0.171. The van der Waals surface area contributed by atoms with Crippen molar-refractivity contribution in [3.63, 3.8) is 0 Å². The lowest BCUT2D eigenvalue weighted by Crippen LogP contribution is -2.34. The predicted molar refractivity (Wildman–Crippen MR) is 83.8 cm³/mol. The van der Waals surface area contributed by atoms with Gasteiger partial charge in [0, 0.05) is 13.1 Å². The third-order valence-electron chi connectivity index (χ3n) is 3.87. The maximum atomic E-state index is 13.5. The van der Waals surface area contributed by atoms with E-state index in [1.807, 2.05) is 18.7 Å². The number of nitrogens with one attached hydrogen (secondary N) is 1. The van der Waals surface area contributed by atoms with Crippen molar-refractivity contribution in [3.05, 3.63) is 30.1 Å². The average molecular weight is 306 g/mol. The molecule has 2 unspecified atom stereocenters. The van der Waals surface area contributed by atoms with Crippen molar-refractivity contribution < 1.29 is 14.0 Å². The Kier molecular flexibility index (Phi) is 5.52. The Balaban J connectivity index is 1.92. The van der Waals surface area contributed by atoms with Crippen molar-refractivity contribution in [2.45, 2.75) is 33.1 Å². The van der Waals surface area contributed by atoms with Crippen LogP contribution in [0.4, 0.5) is 10.1 Å². The third-order valence-corrected chi connectivity index (χ3v) is 3.87. The SMILES string of the molecule is CCCN(CCC)C(=O)C1CC1C(=O)Nc1ccccc1F. The highest BCUT2D eigenvalue weighted by molar-refractivity contribution is 5.99. The van der Waals surface area contributed by atoms with Crippen LogP contribution in [0.1, 0.15) is 33.1 Å². The molecule has 1 aromatic rings. The van der Waals surface area contributed by atoms with Crippen LogP contribution in [-0.4, -0.2) is 29.8 Å². The van der Waals surface area contributed by atoms with E-state index in [0.717, 1.165) is 25.9 Å². The number of halogens is 1. The molecule has 0 bridgehead atoms. The lowest BCUT2D eigenvalue weighted by molar-refractivity contribution is -0.134. The molecule has 2 amide bonds. The van der Waals surface area contributed by atoms with E-state index < -0.39 is 5.82 Å². The quantitative estimate of drug-likeness (QED) is 0.841. The molecule has 2 atom stereocenters. The van der Waals surface area contributed by atoms with Gasteiger partial charge in [0.1, 0.15) is 5.82 Å². The van der Waals surface area contributed by atoms with Gasteiger partial charge in [-0.3, -0.25) is 9.59 Å². The number of hydrogen-bond acceptors (Lipinski definition) is 2. The Bertz CT molecular complexity index is 541. The van der Waals surface area contributed by atoms with Gasteiger partial charge in [0.2, 0.25) is 11.8 Å². The van der Waals surface area contributed by atoms with E-state index in [0.29, 0.717) is 6.42 Å². The molecule has 1 fully saturated rings. The zero-order valence-corrected chi connectivity index (χ0v) is 13.1. The Labute approximate surface area is 130 Å². The number of hydrogen-bond donors (Lipinski definition) is 1. The molecule has 5 heteroatoms. The van der Waals surface area contributed by atoms with Crippen LogP contribution in [0, 0.1) is 17.7 Å². The molecular formula is C17H23FN2O2. The van der Waals surface area contributed by atoms with Gasteiger partial charge in [-0.1, -0.05) is 26.0 Å². The number of rotatable bonds is 7. The summed E-state index contributed by atoms with van der Waals surface area (Å²) in [5.74, 6) is -1.25. The zero-order chi connectivity index (χ0) is 16.1. The van der Waals surface area contributed by atoms with Crippen molar-refractivity contribution >= 4 is 17.5 Å². The molecule has 0 heterocycles. The van der Waals surface area contributed by atoms with E-state index in [1.54, 1.807) is 12.1 Å². The molecule has 4 nitrogen and oxygen atoms in total. The molecule has 1 aliphatic rings. The van der Waals surface area contributed by atoms with Crippen molar-refractivity contribution in [2.75, 3.05) is 18.4 Å². The fourth-order valence-electron chi connectivity index (χ4n) is 2.65. The van der Waals surface area contributed by atoms with E-state index in [1.165, 1.54) is 12.1 Å². The molecule has 120 valence electrons. The molecule has 1 N–H and O–H groups in total. The van der Waals surface area contributed by atoms with Gasteiger partial charge in [0.15, 0.2) is 0 Å². The van der Waals surface area contributed by atoms with Gasteiger partial charge < -0.3 is 10.2 Å². The normalized spacial score (nSPS) is 19.6. The van der Waals surface area contributed by atoms with Gasteiger partial charge in [-0.2, -0.15) is 0 Å². The fraction of sp³-hybridized carbons (Fsp3) is 0.529. The fourth-order valence-corrected chi connectivity index (χ4v) is 2.65. The number of carbonyl (C=O) groups is 2. The minimum absolute atomic E-state index is 0.0531. The Morgan fingerprint density at radius 3 is 2.41 bits per heavy atom. The van der Waals surface area contributed by atoms with Crippen molar-refractivity contribution in [1.29, 1.82) is 0 Å². The molecule has 0 aliphatic heterocycles. The minimum Gasteiger partial charge on any atom is -0.342 e. The zero-order valence-electron chi connectivity index (χ0n) is 13.1. The predicted octanol–water partition coefficient (Wildman–Crippen LogP) is 3.05. The van der Waals surface area contributed by atoms with Crippen LogP contribution >= 0.6 is 0 Å². The first kappa shape index (κ1) is 16.5. The number of para-hydroxylation sites is 1. The molecule has 1 aliphatic carbocycles. The number of anilines is 1. The molecule has 22 heavy (non-hydrogen) atoms. The Morgan fingerprint density at radius 1 is 1.18 bits per heavy atom. The van der Waals surface area contributed by atoms with Crippen LogP contribution in [0.2, 0.25) is 0 Å². The number of carbonyl (C=O) groups excluding carboxylic acids is 2. The summed E-state index contributed by atoms with van der Waals surface area (Å²) in [4.78, 5) is 26.4. The van der Waals surface area contributed by atoms with Crippen LogP contribution in [0.3, 0.4) is 0 Å². The largest absolute Gasteiger partial charge is 0.342 e. The number of nitrogens with zero attached hydrogens (tertiary/aromatic N) is 1. The summed E-state index contributed by atoms with van der Waals surface area (Å²) < 4.78 is 13.5. The second-order valence-corrected chi connectivity index (χ2v) is 5.74. The highest BCUT2D eigenvalue weighted by Gasteiger charge is 2.49. The van der Waals surface area contributed by atoms with Crippen LogP contribution in [0.5, 0.6) is 0 Å². The highest BCUT2D eigenvalue weighted by atomic mass is 19.1. The summed E-state index contributed by atoms with van der Waals surface area (Å²) >= 11 is 0. The molecular weight excluding hydrogens is 283 g/mol. The molecule has 2 rings (SSSR count). The third kappa shape index (κ3) is 3.84. The molecule has 0 radical (unpaired) electrons. The summed E-state index contributed by atoms with van der Waals surface area (Å²) in [6.07, 6.45) is 2.37. The van der Waals surface area contributed by atoms with Gasteiger partial charge in [0.05, 0.1) is 17.5 Å². The maximum Gasteiger partial charge on any atom is 0.228 e. The van der Waals surface area contributed by atoms with E-state index >= 15 is 0 Å². The molecule has 0 aromatic heterocycles. The summed E-state index contributed by atoms with van der Waals surface area (Å²) in [6.45, 7) is 5.52. The van der Waals surface area contributed by atoms with Gasteiger partial charge in [-0.15, -0.1) is 0 Å². The average Bonchev–Trinajstić information content (AvgIpc) is 3.29. The second-order valence-electron chi connectivity index (χ2n) is 5.74. The van der Waals surface area contributed by atoms with E-state index in [4.69, 9.17) is 0 Å². The van der Waals surface area contributed by atoms with Crippen molar-refractivity contribution in [1.82, 2.24) is 4.90 Å². The molecule has 1 saturated carbocycles. The summed E-state index contributed by atoms with van der Waals surface area (Å²) in [6, 6.07) is 6.06. The van der Waals surface area contributed by atoms with E-state index in [-0.39, 0.29) is 29.3 Å². The molecule has 0 spiro atoms. The summed E-state index contributed by atoms with van der Waals surface area (Å²) in [5, 5.41) is 2.58. The van der Waals surface area contributed by atoms with Gasteiger partial charge >= 0.3 is 0 Å². The van der Waals surface area contributed by atoms with Gasteiger partial charge in [-0.05, 0) is 31.4 Å². The van der Waals surface area contributed by atoms with Crippen LogP contribution in [-0.2, 0) is 9.59 Å². The monoisotopic (exact) mass is 306 g/mol. The molecule has 1 aromatic carbocycles. The topological polar surface area (TPSA) is 49.4 Å². The smallest absolute Gasteiger partial charge is 0.228 e. The lowest BCUT2D eigenvalue weighted by Gasteiger charge is -2.21. The summed E-state index contributed by atoms with van der Waals surface area (Å²) in [7, 11) is 0. The van der Waals surface area contributed by atoms with E-state index in [9.17, 15) is 14.0 Å². The molecule has 0 saturated heterocycles. The van der Waals surface area contributed by atoms with E-state index in [2.05, 4.69) is 5.32 Å². The first-order chi connectivity index (χ1) is 10.6. The Hall–Kier alpha value is -1.91. The number of benzene rings is 1.